The summed E-state index contributed by atoms with van der Waals surface area (Å²) in [5, 5.41) is 5.87. The quantitative estimate of drug-likeness (QED) is 0.705. The average molecular weight is 186 g/mol. The molecule has 0 atom stereocenters. The number of aromatic nitrogens is 2. The Morgan fingerprint density at radius 2 is 2.29 bits per heavy atom. The number of aryl methyl sites for hydroxylation is 1. The minimum Gasteiger partial charge on any atom is -0.271 e. The summed E-state index contributed by atoms with van der Waals surface area (Å²) >= 11 is 0. The molecule has 0 radical (unpaired) electrons. The summed E-state index contributed by atoms with van der Waals surface area (Å²) in [6.07, 6.45) is 4.95. The van der Waals surface area contributed by atoms with Crippen molar-refractivity contribution in [1.82, 2.24) is 9.78 Å². The summed E-state index contributed by atoms with van der Waals surface area (Å²) in [6.45, 7) is 3.25. The second-order valence-electron chi connectivity index (χ2n) is 4.30. The van der Waals surface area contributed by atoms with Crippen LogP contribution in [0, 0.1) is 12.8 Å². The zero-order valence-electron chi connectivity index (χ0n) is 8.40. The summed E-state index contributed by atoms with van der Waals surface area (Å²) in [4.78, 5) is 0. The van der Waals surface area contributed by atoms with E-state index in [9.17, 15) is 0 Å². The molecular weight excluding hydrogens is 172 g/mol. The van der Waals surface area contributed by atoms with E-state index in [1.54, 1.807) is 0 Å². The van der Waals surface area contributed by atoms with Crippen molar-refractivity contribution in [3.63, 3.8) is 0 Å². The van der Waals surface area contributed by atoms with E-state index in [1.165, 1.54) is 23.8 Å². The number of fused-ring (bicyclic) bond motifs is 1. The lowest BCUT2D eigenvalue weighted by molar-refractivity contribution is 0.568. The molecule has 0 saturated heterocycles. The first-order valence-electron chi connectivity index (χ1n) is 5.26. The molecule has 0 N–H and O–H groups in total. The summed E-state index contributed by atoms with van der Waals surface area (Å²) in [6, 6.07) is 6.31. The zero-order valence-corrected chi connectivity index (χ0v) is 8.40. The monoisotopic (exact) mass is 186 g/mol. The van der Waals surface area contributed by atoms with Gasteiger partial charge in [0.1, 0.15) is 0 Å². The Morgan fingerprint density at radius 3 is 3.00 bits per heavy atom. The SMILES string of the molecule is Cc1cccc2nn(CC3CC3)cc12. The Morgan fingerprint density at radius 1 is 1.43 bits per heavy atom. The van der Waals surface area contributed by atoms with Crippen LogP contribution in [0.5, 0.6) is 0 Å². The van der Waals surface area contributed by atoms with E-state index in [0.717, 1.165) is 18.0 Å². The normalized spacial score (nSPS) is 16.4. The minimum absolute atomic E-state index is 0.893. The highest BCUT2D eigenvalue weighted by Gasteiger charge is 2.22. The maximum absolute atomic E-state index is 4.57. The molecule has 3 rings (SSSR count). The van der Waals surface area contributed by atoms with Crippen LogP contribution in [-0.2, 0) is 6.54 Å². The van der Waals surface area contributed by atoms with Crippen LogP contribution in [-0.4, -0.2) is 9.78 Å². The first-order chi connectivity index (χ1) is 6.83. The summed E-state index contributed by atoms with van der Waals surface area (Å²) in [5.41, 5.74) is 2.45. The van der Waals surface area contributed by atoms with Crippen molar-refractivity contribution in [1.29, 1.82) is 0 Å². The van der Waals surface area contributed by atoms with Gasteiger partial charge in [-0.15, -0.1) is 0 Å². The number of rotatable bonds is 2. The highest BCUT2D eigenvalue weighted by atomic mass is 15.3. The first-order valence-corrected chi connectivity index (χ1v) is 5.26. The lowest BCUT2D eigenvalue weighted by Gasteiger charge is -1.95. The van der Waals surface area contributed by atoms with Crippen LogP contribution >= 0.6 is 0 Å². The largest absolute Gasteiger partial charge is 0.271 e. The molecule has 1 aliphatic rings. The highest BCUT2D eigenvalue weighted by Crippen LogP contribution is 2.30. The van der Waals surface area contributed by atoms with Gasteiger partial charge in [-0.1, -0.05) is 12.1 Å². The predicted octanol–water partition coefficient (Wildman–Crippen LogP) is 2.75. The van der Waals surface area contributed by atoms with E-state index in [1.807, 2.05) is 0 Å². The Hall–Kier alpha value is -1.31. The standard InChI is InChI=1S/C12H14N2/c1-9-3-2-4-12-11(9)8-14(13-12)7-10-5-6-10/h2-4,8,10H,5-7H2,1H3. The van der Waals surface area contributed by atoms with Crippen molar-refractivity contribution in [2.75, 3.05) is 0 Å². The molecular formula is C12H14N2. The molecule has 0 unspecified atom stereocenters. The van der Waals surface area contributed by atoms with Gasteiger partial charge in [-0.25, -0.2) is 0 Å². The van der Waals surface area contributed by atoms with E-state index in [-0.39, 0.29) is 0 Å². The van der Waals surface area contributed by atoms with Crippen molar-refractivity contribution in [3.8, 4) is 0 Å². The summed E-state index contributed by atoms with van der Waals surface area (Å²) in [5.74, 6) is 0.893. The van der Waals surface area contributed by atoms with Crippen LogP contribution in [0.1, 0.15) is 18.4 Å². The molecule has 1 saturated carbocycles. The van der Waals surface area contributed by atoms with Crippen LogP contribution in [0.2, 0.25) is 0 Å². The van der Waals surface area contributed by atoms with Gasteiger partial charge in [0, 0.05) is 18.1 Å². The highest BCUT2D eigenvalue weighted by molar-refractivity contribution is 5.81. The van der Waals surface area contributed by atoms with Gasteiger partial charge >= 0.3 is 0 Å². The van der Waals surface area contributed by atoms with E-state index in [0.29, 0.717) is 0 Å². The fourth-order valence-corrected chi connectivity index (χ4v) is 1.90. The third kappa shape index (κ3) is 1.31. The van der Waals surface area contributed by atoms with E-state index in [4.69, 9.17) is 0 Å². The van der Waals surface area contributed by atoms with Crippen LogP contribution in [0.3, 0.4) is 0 Å². The predicted molar refractivity (Wildman–Crippen MR) is 57.2 cm³/mol. The lowest BCUT2D eigenvalue weighted by atomic mass is 10.1. The van der Waals surface area contributed by atoms with Crippen molar-refractivity contribution >= 4 is 10.9 Å². The first kappa shape index (κ1) is 8.04. The molecule has 14 heavy (non-hydrogen) atoms. The maximum Gasteiger partial charge on any atom is 0.0925 e. The second kappa shape index (κ2) is 2.84. The fourth-order valence-electron chi connectivity index (χ4n) is 1.90. The number of hydrogen-bond donors (Lipinski definition) is 0. The van der Waals surface area contributed by atoms with Crippen molar-refractivity contribution < 1.29 is 0 Å². The number of nitrogens with zero attached hydrogens (tertiary/aromatic N) is 2. The molecule has 1 aromatic carbocycles. The van der Waals surface area contributed by atoms with Gasteiger partial charge in [0.25, 0.3) is 0 Å². The van der Waals surface area contributed by atoms with Gasteiger partial charge in [0.15, 0.2) is 0 Å². The van der Waals surface area contributed by atoms with E-state index < -0.39 is 0 Å². The molecule has 2 heteroatoms. The van der Waals surface area contributed by atoms with Crippen LogP contribution in [0.15, 0.2) is 24.4 Å². The van der Waals surface area contributed by atoms with Gasteiger partial charge in [-0.05, 0) is 37.3 Å². The Balaban J connectivity index is 2.05. The third-order valence-electron chi connectivity index (χ3n) is 2.96. The van der Waals surface area contributed by atoms with Gasteiger partial charge in [-0.3, -0.25) is 4.68 Å². The summed E-state index contributed by atoms with van der Waals surface area (Å²) in [7, 11) is 0. The summed E-state index contributed by atoms with van der Waals surface area (Å²) < 4.78 is 2.11. The molecule has 72 valence electrons. The molecule has 0 spiro atoms. The Kier molecular flexibility index (Phi) is 1.63. The number of benzene rings is 1. The minimum atomic E-state index is 0.893. The van der Waals surface area contributed by atoms with Gasteiger partial charge < -0.3 is 0 Å². The fraction of sp³-hybridized carbons (Fsp3) is 0.417. The molecule has 1 aromatic heterocycles. The second-order valence-corrected chi connectivity index (χ2v) is 4.30. The van der Waals surface area contributed by atoms with Gasteiger partial charge in [0.05, 0.1) is 5.52 Å². The smallest absolute Gasteiger partial charge is 0.0925 e. The topological polar surface area (TPSA) is 17.8 Å². The molecule has 0 aliphatic heterocycles. The molecule has 0 amide bonds. The molecule has 1 fully saturated rings. The number of hydrogen-bond acceptors (Lipinski definition) is 1. The molecule has 2 nitrogen and oxygen atoms in total. The average Bonchev–Trinajstić information content (AvgIpc) is 2.84. The van der Waals surface area contributed by atoms with Gasteiger partial charge in [-0.2, -0.15) is 5.10 Å². The van der Waals surface area contributed by atoms with Crippen molar-refractivity contribution in [3.05, 3.63) is 30.0 Å². The van der Waals surface area contributed by atoms with Crippen LogP contribution in [0.25, 0.3) is 10.9 Å². The van der Waals surface area contributed by atoms with E-state index in [2.05, 4.69) is 41.1 Å². The molecule has 0 bridgehead atoms. The molecule has 1 heterocycles. The van der Waals surface area contributed by atoms with Crippen LogP contribution in [0.4, 0.5) is 0 Å². The van der Waals surface area contributed by atoms with Crippen molar-refractivity contribution in [2.24, 2.45) is 5.92 Å². The lowest BCUT2D eigenvalue weighted by Crippen LogP contribution is -1.99. The van der Waals surface area contributed by atoms with E-state index >= 15 is 0 Å². The van der Waals surface area contributed by atoms with Crippen molar-refractivity contribution in [2.45, 2.75) is 26.3 Å². The maximum atomic E-state index is 4.57. The Bertz CT molecular complexity index is 466. The molecule has 2 aromatic rings. The third-order valence-corrected chi connectivity index (χ3v) is 2.96. The van der Waals surface area contributed by atoms with Crippen LogP contribution < -0.4 is 0 Å². The zero-order chi connectivity index (χ0) is 9.54. The molecule has 1 aliphatic carbocycles. The van der Waals surface area contributed by atoms with Gasteiger partial charge in [0.2, 0.25) is 0 Å². The Labute approximate surface area is 83.5 Å².